The molecule has 116 valence electrons. The second-order valence-electron chi connectivity index (χ2n) is 5.66. The van der Waals surface area contributed by atoms with Crippen LogP contribution < -0.4 is 10.1 Å². The molecule has 0 unspecified atom stereocenters. The molecule has 7 heteroatoms. The maximum absolute atomic E-state index is 12.0. The average Bonchev–Trinajstić information content (AvgIpc) is 2.76. The first-order valence-electron chi connectivity index (χ1n) is 6.96. The van der Waals surface area contributed by atoms with Crippen LogP contribution in [0.4, 0.5) is 0 Å². The third kappa shape index (κ3) is 4.70. The Hall–Kier alpha value is -1.63. The first-order chi connectivity index (χ1) is 9.85. The van der Waals surface area contributed by atoms with Crippen LogP contribution in [0.15, 0.2) is 18.3 Å². The Kier molecular flexibility index (Phi) is 4.82. The summed E-state index contributed by atoms with van der Waals surface area (Å²) < 4.78 is 28.1. The molecular weight excluding hydrogens is 292 g/mol. The molecule has 0 bridgehead atoms. The van der Waals surface area contributed by atoms with Crippen LogP contribution in [-0.4, -0.2) is 43.5 Å². The number of hydrogen-bond acceptors (Lipinski definition) is 5. The largest absolute Gasteiger partial charge is 0.477 e. The van der Waals surface area contributed by atoms with E-state index in [1.165, 1.54) is 6.20 Å². The summed E-state index contributed by atoms with van der Waals surface area (Å²) >= 11 is 0. The molecule has 6 nitrogen and oxygen atoms in total. The lowest BCUT2D eigenvalue weighted by molar-refractivity contribution is 0.0940. The first-order valence-corrected chi connectivity index (χ1v) is 8.78. The molecule has 1 aromatic rings. The number of carbonyl (C=O) groups excluding carboxylic acids is 1. The number of aromatic nitrogens is 1. The molecule has 21 heavy (non-hydrogen) atoms. The van der Waals surface area contributed by atoms with Crippen LogP contribution in [0.5, 0.6) is 5.88 Å². The number of nitrogens with one attached hydrogen (secondary N) is 1. The third-order valence-corrected chi connectivity index (χ3v) is 4.90. The summed E-state index contributed by atoms with van der Waals surface area (Å²) in [5, 5.41) is 2.72. The van der Waals surface area contributed by atoms with Crippen LogP contribution in [0.25, 0.3) is 0 Å². The van der Waals surface area contributed by atoms with Crippen LogP contribution in [0.1, 0.15) is 30.6 Å². The molecule has 2 heterocycles. The van der Waals surface area contributed by atoms with Gasteiger partial charge in [0.15, 0.2) is 9.84 Å². The van der Waals surface area contributed by atoms with Gasteiger partial charge in [-0.2, -0.15) is 0 Å². The summed E-state index contributed by atoms with van der Waals surface area (Å²) in [5.74, 6) is 0.725. The second kappa shape index (κ2) is 6.43. The van der Waals surface area contributed by atoms with Gasteiger partial charge in [0.1, 0.15) is 0 Å². The van der Waals surface area contributed by atoms with Crippen molar-refractivity contribution >= 4 is 15.7 Å². The highest BCUT2D eigenvalue weighted by atomic mass is 32.2. The zero-order valence-electron chi connectivity index (χ0n) is 12.2. The van der Waals surface area contributed by atoms with Gasteiger partial charge in [0.05, 0.1) is 23.7 Å². The molecule has 0 aromatic carbocycles. The van der Waals surface area contributed by atoms with Crippen molar-refractivity contribution in [3.8, 4) is 5.88 Å². The summed E-state index contributed by atoms with van der Waals surface area (Å²) in [5.41, 5.74) is 0.399. The molecule has 2 rings (SSSR count). The Bertz CT molecular complexity index is 596. The Balaban J connectivity index is 1.91. The molecule has 0 spiro atoms. The minimum absolute atomic E-state index is 0.0156. The van der Waals surface area contributed by atoms with Gasteiger partial charge in [0.25, 0.3) is 5.91 Å². The Morgan fingerprint density at radius 1 is 1.48 bits per heavy atom. The molecule has 0 aliphatic carbocycles. The quantitative estimate of drug-likeness (QED) is 0.878. The van der Waals surface area contributed by atoms with Gasteiger partial charge in [-0.3, -0.25) is 4.79 Å². The van der Waals surface area contributed by atoms with Crippen molar-refractivity contribution in [2.24, 2.45) is 5.92 Å². The molecule has 1 atom stereocenters. The van der Waals surface area contributed by atoms with Gasteiger partial charge in [0, 0.05) is 18.3 Å². The SMILES string of the molecule is CC(C)COc1ccc(C(=O)N[C@H]2CCS(=O)(=O)C2)cn1. The Labute approximate surface area is 124 Å². The zero-order valence-corrected chi connectivity index (χ0v) is 13.0. The minimum Gasteiger partial charge on any atom is -0.477 e. The number of hydrogen-bond donors (Lipinski definition) is 1. The van der Waals surface area contributed by atoms with Gasteiger partial charge in [-0.05, 0) is 18.4 Å². The van der Waals surface area contributed by atoms with Gasteiger partial charge in [-0.15, -0.1) is 0 Å². The average molecular weight is 312 g/mol. The van der Waals surface area contributed by atoms with Crippen LogP contribution >= 0.6 is 0 Å². The van der Waals surface area contributed by atoms with Crippen molar-refractivity contribution in [3.63, 3.8) is 0 Å². The van der Waals surface area contributed by atoms with Gasteiger partial charge >= 0.3 is 0 Å². The monoisotopic (exact) mass is 312 g/mol. The van der Waals surface area contributed by atoms with Crippen molar-refractivity contribution in [2.45, 2.75) is 26.3 Å². The van der Waals surface area contributed by atoms with Gasteiger partial charge < -0.3 is 10.1 Å². The van der Waals surface area contributed by atoms with E-state index < -0.39 is 9.84 Å². The van der Waals surface area contributed by atoms with E-state index in [2.05, 4.69) is 10.3 Å². The zero-order chi connectivity index (χ0) is 15.5. The Morgan fingerprint density at radius 3 is 2.76 bits per heavy atom. The van der Waals surface area contributed by atoms with Crippen molar-refractivity contribution in [1.29, 1.82) is 0 Å². The highest BCUT2D eigenvalue weighted by Crippen LogP contribution is 2.13. The maximum atomic E-state index is 12.0. The van der Waals surface area contributed by atoms with Crippen LogP contribution in [0, 0.1) is 5.92 Å². The fourth-order valence-electron chi connectivity index (χ4n) is 2.03. The number of amides is 1. The summed E-state index contributed by atoms with van der Waals surface area (Å²) in [6, 6.07) is 2.96. The third-order valence-electron chi connectivity index (χ3n) is 3.13. The van der Waals surface area contributed by atoms with E-state index in [9.17, 15) is 13.2 Å². The topological polar surface area (TPSA) is 85.4 Å². The van der Waals surface area contributed by atoms with Crippen molar-refractivity contribution in [3.05, 3.63) is 23.9 Å². The van der Waals surface area contributed by atoms with Crippen LogP contribution in [-0.2, 0) is 9.84 Å². The van der Waals surface area contributed by atoms with E-state index in [0.717, 1.165) is 0 Å². The smallest absolute Gasteiger partial charge is 0.253 e. The lowest BCUT2D eigenvalue weighted by Crippen LogP contribution is -2.35. The van der Waals surface area contributed by atoms with Gasteiger partial charge in [-0.25, -0.2) is 13.4 Å². The van der Waals surface area contributed by atoms with E-state index in [-0.39, 0.29) is 23.5 Å². The standard InChI is InChI=1S/C14H20N2O4S/c1-10(2)8-20-13-4-3-11(7-15-13)14(17)16-12-5-6-21(18,19)9-12/h3-4,7,10,12H,5-6,8-9H2,1-2H3,(H,16,17)/t12-/m0/s1. The molecule has 1 fully saturated rings. The number of carbonyl (C=O) groups is 1. The number of sulfone groups is 1. The fraction of sp³-hybridized carbons (Fsp3) is 0.571. The summed E-state index contributed by atoms with van der Waals surface area (Å²) in [6.45, 7) is 4.65. The molecule has 1 saturated heterocycles. The van der Waals surface area contributed by atoms with Crippen molar-refractivity contribution in [2.75, 3.05) is 18.1 Å². The highest BCUT2D eigenvalue weighted by molar-refractivity contribution is 7.91. The van der Waals surface area contributed by atoms with Crippen molar-refractivity contribution in [1.82, 2.24) is 10.3 Å². The number of pyridine rings is 1. The van der Waals surface area contributed by atoms with E-state index >= 15 is 0 Å². The highest BCUT2D eigenvalue weighted by Gasteiger charge is 2.29. The summed E-state index contributed by atoms with van der Waals surface area (Å²) in [7, 11) is -3.00. The van der Waals surface area contributed by atoms with Crippen molar-refractivity contribution < 1.29 is 17.9 Å². The summed E-state index contributed by atoms with van der Waals surface area (Å²) in [4.78, 5) is 16.1. The number of nitrogens with zero attached hydrogens (tertiary/aromatic N) is 1. The van der Waals surface area contributed by atoms with Gasteiger partial charge in [-0.1, -0.05) is 13.8 Å². The Morgan fingerprint density at radius 2 is 2.24 bits per heavy atom. The number of ether oxygens (including phenoxy) is 1. The molecule has 1 aliphatic rings. The first kappa shape index (κ1) is 15.8. The molecular formula is C14H20N2O4S. The maximum Gasteiger partial charge on any atom is 0.253 e. The summed E-state index contributed by atoms with van der Waals surface area (Å²) in [6.07, 6.45) is 1.91. The van der Waals surface area contributed by atoms with Crippen LogP contribution in [0.2, 0.25) is 0 Å². The second-order valence-corrected chi connectivity index (χ2v) is 7.89. The fourth-order valence-corrected chi connectivity index (χ4v) is 3.70. The lowest BCUT2D eigenvalue weighted by atomic mass is 10.2. The molecule has 0 saturated carbocycles. The lowest BCUT2D eigenvalue weighted by Gasteiger charge is -2.11. The molecule has 1 amide bonds. The molecule has 1 N–H and O–H groups in total. The van der Waals surface area contributed by atoms with Crippen LogP contribution in [0.3, 0.4) is 0 Å². The molecule has 1 aromatic heterocycles. The van der Waals surface area contributed by atoms with E-state index in [1.54, 1.807) is 12.1 Å². The normalized spacial score (nSPS) is 20.4. The van der Waals surface area contributed by atoms with E-state index in [0.29, 0.717) is 30.4 Å². The molecule has 1 aliphatic heterocycles. The predicted molar refractivity (Wildman–Crippen MR) is 79.1 cm³/mol. The number of rotatable bonds is 5. The van der Waals surface area contributed by atoms with E-state index in [4.69, 9.17) is 4.74 Å². The van der Waals surface area contributed by atoms with Gasteiger partial charge in [0.2, 0.25) is 5.88 Å². The van der Waals surface area contributed by atoms with E-state index in [1.807, 2.05) is 13.8 Å². The predicted octanol–water partition coefficient (Wildman–Crippen LogP) is 1.03. The molecule has 0 radical (unpaired) electrons. The minimum atomic E-state index is -3.00.